The SMILES string of the molecule is COCCc1noc(Cn2cnnc2)n1. The largest absolute Gasteiger partial charge is 0.384 e. The maximum absolute atomic E-state index is 5.04. The molecule has 7 heteroatoms. The van der Waals surface area contributed by atoms with Crippen LogP contribution in [0.5, 0.6) is 0 Å². The van der Waals surface area contributed by atoms with Gasteiger partial charge in [0.25, 0.3) is 0 Å². The van der Waals surface area contributed by atoms with Crippen LogP contribution >= 0.6 is 0 Å². The Morgan fingerprint density at radius 1 is 1.40 bits per heavy atom. The van der Waals surface area contributed by atoms with E-state index in [9.17, 15) is 0 Å². The van der Waals surface area contributed by atoms with Gasteiger partial charge in [-0.2, -0.15) is 4.98 Å². The zero-order valence-electron chi connectivity index (χ0n) is 8.33. The van der Waals surface area contributed by atoms with Crippen LogP contribution in [0, 0.1) is 0 Å². The zero-order valence-corrected chi connectivity index (χ0v) is 8.33. The fourth-order valence-electron chi connectivity index (χ4n) is 1.11. The summed E-state index contributed by atoms with van der Waals surface area (Å²) in [4.78, 5) is 4.19. The Morgan fingerprint density at radius 3 is 2.93 bits per heavy atom. The molecule has 2 aromatic heterocycles. The monoisotopic (exact) mass is 209 g/mol. The van der Waals surface area contributed by atoms with Crippen LogP contribution < -0.4 is 0 Å². The van der Waals surface area contributed by atoms with Gasteiger partial charge in [-0.3, -0.25) is 0 Å². The Bertz CT molecular complexity index is 397. The third kappa shape index (κ3) is 2.59. The molecule has 0 fully saturated rings. The molecule has 0 saturated heterocycles. The smallest absolute Gasteiger partial charge is 0.246 e. The first kappa shape index (κ1) is 9.78. The lowest BCUT2D eigenvalue weighted by Crippen LogP contribution is -1.99. The standard InChI is InChI=1S/C8H11N5O2/c1-14-3-2-7-11-8(15-12-7)4-13-5-9-10-6-13/h5-6H,2-4H2,1H3. The summed E-state index contributed by atoms with van der Waals surface area (Å²) in [5.41, 5.74) is 0. The number of hydrogen-bond donors (Lipinski definition) is 0. The van der Waals surface area contributed by atoms with Crippen molar-refractivity contribution in [2.75, 3.05) is 13.7 Å². The molecule has 0 aliphatic carbocycles. The predicted molar refractivity (Wildman–Crippen MR) is 49.0 cm³/mol. The molecule has 0 atom stereocenters. The summed E-state index contributed by atoms with van der Waals surface area (Å²) in [6.45, 7) is 1.08. The molecule has 0 radical (unpaired) electrons. The van der Waals surface area contributed by atoms with E-state index < -0.39 is 0 Å². The van der Waals surface area contributed by atoms with Crippen molar-refractivity contribution in [2.24, 2.45) is 0 Å². The van der Waals surface area contributed by atoms with Crippen LogP contribution in [0.4, 0.5) is 0 Å². The van der Waals surface area contributed by atoms with Gasteiger partial charge in [-0.1, -0.05) is 5.16 Å². The topological polar surface area (TPSA) is 78.9 Å². The lowest BCUT2D eigenvalue weighted by molar-refractivity contribution is 0.199. The van der Waals surface area contributed by atoms with E-state index in [1.54, 1.807) is 24.3 Å². The van der Waals surface area contributed by atoms with Crippen molar-refractivity contribution in [2.45, 2.75) is 13.0 Å². The molecule has 15 heavy (non-hydrogen) atoms. The Labute approximate surface area is 86.1 Å². The van der Waals surface area contributed by atoms with Crippen molar-refractivity contribution >= 4 is 0 Å². The number of aromatic nitrogens is 5. The summed E-state index contributed by atoms with van der Waals surface area (Å²) in [7, 11) is 1.64. The van der Waals surface area contributed by atoms with Crippen LogP contribution in [0.1, 0.15) is 11.7 Å². The Kier molecular flexibility index (Phi) is 3.03. The highest BCUT2D eigenvalue weighted by Crippen LogP contribution is 2.00. The summed E-state index contributed by atoms with van der Waals surface area (Å²) in [5, 5.41) is 11.2. The van der Waals surface area contributed by atoms with Crippen LogP contribution in [0.15, 0.2) is 17.2 Å². The van der Waals surface area contributed by atoms with Crippen LogP contribution in [0.2, 0.25) is 0 Å². The van der Waals surface area contributed by atoms with Gasteiger partial charge in [-0.15, -0.1) is 10.2 Å². The Hall–Kier alpha value is -1.76. The minimum atomic E-state index is 0.493. The van der Waals surface area contributed by atoms with Crippen molar-refractivity contribution in [3.8, 4) is 0 Å². The van der Waals surface area contributed by atoms with Gasteiger partial charge in [0.05, 0.1) is 6.61 Å². The van der Waals surface area contributed by atoms with Crippen molar-refractivity contribution in [1.82, 2.24) is 24.9 Å². The summed E-state index contributed by atoms with van der Waals surface area (Å²) in [6.07, 6.45) is 3.85. The predicted octanol–water partition coefficient (Wildman–Crippen LogP) is -0.102. The van der Waals surface area contributed by atoms with Crippen molar-refractivity contribution < 1.29 is 9.26 Å². The normalized spacial score (nSPS) is 10.7. The molecule has 0 bridgehead atoms. The third-order valence-electron chi connectivity index (χ3n) is 1.82. The lowest BCUT2D eigenvalue weighted by atomic mass is 10.4. The molecule has 0 unspecified atom stereocenters. The second-order valence-corrected chi connectivity index (χ2v) is 2.98. The summed E-state index contributed by atoms with van der Waals surface area (Å²) in [5.74, 6) is 1.20. The molecular formula is C8H11N5O2. The number of nitrogens with zero attached hydrogens (tertiary/aromatic N) is 5. The highest BCUT2D eigenvalue weighted by atomic mass is 16.5. The molecule has 7 nitrogen and oxygen atoms in total. The molecule has 0 aliphatic rings. The van der Waals surface area contributed by atoms with Crippen LogP contribution in [0.25, 0.3) is 0 Å². The highest BCUT2D eigenvalue weighted by Gasteiger charge is 2.06. The summed E-state index contributed by atoms with van der Waals surface area (Å²) in [6, 6.07) is 0. The minimum Gasteiger partial charge on any atom is -0.384 e. The van der Waals surface area contributed by atoms with Gasteiger partial charge in [0.2, 0.25) is 5.89 Å². The maximum atomic E-state index is 5.04. The average molecular weight is 209 g/mol. The van der Waals surface area contributed by atoms with E-state index in [-0.39, 0.29) is 0 Å². The van der Waals surface area contributed by atoms with E-state index in [1.165, 1.54) is 0 Å². The van der Waals surface area contributed by atoms with Crippen molar-refractivity contribution in [3.05, 3.63) is 24.4 Å². The molecule has 80 valence electrons. The number of ether oxygens (including phenoxy) is 1. The fraction of sp³-hybridized carbons (Fsp3) is 0.500. The Morgan fingerprint density at radius 2 is 2.20 bits per heavy atom. The van der Waals surface area contributed by atoms with Gasteiger partial charge in [0, 0.05) is 13.5 Å². The first-order valence-electron chi connectivity index (χ1n) is 4.51. The number of methoxy groups -OCH3 is 1. The molecule has 0 amide bonds. The van der Waals surface area contributed by atoms with Gasteiger partial charge in [0.15, 0.2) is 5.82 Å². The average Bonchev–Trinajstić information content (AvgIpc) is 2.87. The van der Waals surface area contributed by atoms with Crippen LogP contribution in [-0.4, -0.2) is 38.6 Å². The van der Waals surface area contributed by atoms with E-state index in [1.807, 2.05) is 0 Å². The molecule has 2 aromatic rings. The molecule has 0 aliphatic heterocycles. The van der Waals surface area contributed by atoms with Gasteiger partial charge in [-0.05, 0) is 0 Å². The Balaban J connectivity index is 1.95. The molecule has 0 aromatic carbocycles. The van der Waals surface area contributed by atoms with Crippen molar-refractivity contribution in [3.63, 3.8) is 0 Å². The second-order valence-electron chi connectivity index (χ2n) is 2.98. The van der Waals surface area contributed by atoms with Gasteiger partial charge >= 0.3 is 0 Å². The number of hydrogen-bond acceptors (Lipinski definition) is 6. The second kappa shape index (κ2) is 4.65. The van der Waals surface area contributed by atoms with E-state index in [0.29, 0.717) is 31.3 Å². The quantitative estimate of drug-likeness (QED) is 0.684. The lowest BCUT2D eigenvalue weighted by Gasteiger charge is -1.92. The third-order valence-corrected chi connectivity index (χ3v) is 1.82. The van der Waals surface area contributed by atoms with E-state index in [4.69, 9.17) is 9.26 Å². The van der Waals surface area contributed by atoms with Crippen LogP contribution in [0.3, 0.4) is 0 Å². The van der Waals surface area contributed by atoms with Gasteiger partial charge < -0.3 is 13.8 Å². The molecule has 0 saturated carbocycles. The molecule has 2 heterocycles. The van der Waals surface area contributed by atoms with E-state index in [0.717, 1.165) is 0 Å². The van der Waals surface area contributed by atoms with Crippen molar-refractivity contribution in [1.29, 1.82) is 0 Å². The molecule has 0 N–H and O–H groups in total. The minimum absolute atomic E-state index is 0.493. The summed E-state index contributed by atoms with van der Waals surface area (Å²) >= 11 is 0. The summed E-state index contributed by atoms with van der Waals surface area (Å²) < 4.78 is 11.7. The first-order valence-corrected chi connectivity index (χ1v) is 4.51. The molecule has 0 spiro atoms. The number of rotatable bonds is 5. The van der Waals surface area contributed by atoms with Gasteiger partial charge in [-0.25, -0.2) is 0 Å². The van der Waals surface area contributed by atoms with Crippen LogP contribution in [-0.2, 0) is 17.7 Å². The van der Waals surface area contributed by atoms with Gasteiger partial charge in [0.1, 0.15) is 19.2 Å². The zero-order chi connectivity index (χ0) is 10.5. The maximum Gasteiger partial charge on any atom is 0.246 e. The molecular weight excluding hydrogens is 198 g/mol. The van der Waals surface area contributed by atoms with E-state index in [2.05, 4.69) is 20.3 Å². The van der Waals surface area contributed by atoms with E-state index >= 15 is 0 Å². The highest BCUT2D eigenvalue weighted by molar-refractivity contribution is 4.87. The molecule has 2 rings (SSSR count). The first-order chi connectivity index (χ1) is 7.38. The fourth-order valence-corrected chi connectivity index (χ4v) is 1.11.